The molecule has 1 aliphatic rings. The van der Waals surface area contributed by atoms with Crippen LogP contribution in [0.1, 0.15) is 30.4 Å². The summed E-state index contributed by atoms with van der Waals surface area (Å²) in [7, 11) is 1.56. The van der Waals surface area contributed by atoms with Gasteiger partial charge in [0.1, 0.15) is 0 Å². The molecule has 0 atom stereocenters. The second kappa shape index (κ2) is 5.84. The molecular weight excluding hydrogens is 242 g/mol. The first-order valence-corrected chi connectivity index (χ1v) is 6.49. The van der Waals surface area contributed by atoms with E-state index in [2.05, 4.69) is 11.4 Å². The molecule has 2 rings (SSSR count). The predicted octanol–water partition coefficient (Wildman–Crippen LogP) is 1.23. The molecule has 0 radical (unpaired) electrons. The Kier molecular flexibility index (Phi) is 4.16. The molecule has 0 saturated carbocycles. The number of aryl methyl sites for hydroxylation is 1. The average Bonchev–Trinajstić information content (AvgIpc) is 2.73. The van der Waals surface area contributed by atoms with Crippen molar-refractivity contribution < 1.29 is 9.59 Å². The lowest BCUT2D eigenvalue weighted by Gasteiger charge is -2.09. The molecule has 0 spiro atoms. The van der Waals surface area contributed by atoms with E-state index in [0.29, 0.717) is 12.8 Å². The Morgan fingerprint density at radius 3 is 2.95 bits per heavy atom. The minimum absolute atomic E-state index is 0.0382. The average molecular weight is 261 g/mol. The summed E-state index contributed by atoms with van der Waals surface area (Å²) >= 11 is 0. The van der Waals surface area contributed by atoms with Gasteiger partial charge in [-0.1, -0.05) is 12.1 Å². The van der Waals surface area contributed by atoms with Gasteiger partial charge < -0.3 is 5.32 Å². The molecule has 1 aromatic carbocycles. The van der Waals surface area contributed by atoms with E-state index in [4.69, 9.17) is 5.84 Å². The lowest BCUT2D eigenvalue weighted by molar-refractivity contribution is -0.130. The van der Waals surface area contributed by atoms with Crippen LogP contribution in [-0.2, 0) is 22.4 Å². The number of fused-ring (bicyclic) bond motifs is 1. The maximum Gasteiger partial charge on any atom is 0.236 e. The number of hydrogen-bond acceptors (Lipinski definition) is 3. The van der Waals surface area contributed by atoms with Crippen LogP contribution in [0.15, 0.2) is 18.2 Å². The fraction of sp³-hybridized carbons (Fsp3) is 0.429. The third-order valence-corrected chi connectivity index (χ3v) is 3.29. The molecule has 19 heavy (non-hydrogen) atoms. The van der Waals surface area contributed by atoms with Crippen molar-refractivity contribution in [1.82, 2.24) is 5.01 Å². The van der Waals surface area contributed by atoms with Crippen molar-refractivity contribution in [3.8, 4) is 0 Å². The summed E-state index contributed by atoms with van der Waals surface area (Å²) in [6.07, 6.45) is 3.65. The van der Waals surface area contributed by atoms with E-state index in [1.165, 1.54) is 5.56 Å². The number of nitrogens with two attached hydrogens (primary N) is 1. The highest BCUT2D eigenvalue weighted by atomic mass is 16.2. The zero-order valence-corrected chi connectivity index (χ0v) is 11.1. The highest BCUT2D eigenvalue weighted by Gasteiger charge is 2.17. The molecule has 2 amide bonds. The quantitative estimate of drug-likeness (QED) is 0.362. The Labute approximate surface area is 112 Å². The van der Waals surface area contributed by atoms with Crippen molar-refractivity contribution in [3.05, 3.63) is 29.3 Å². The highest BCUT2D eigenvalue weighted by Crippen LogP contribution is 2.24. The summed E-state index contributed by atoms with van der Waals surface area (Å²) in [5, 5.41) is 3.95. The summed E-state index contributed by atoms with van der Waals surface area (Å²) < 4.78 is 0. The van der Waals surface area contributed by atoms with E-state index in [1.807, 2.05) is 12.1 Å². The molecular formula is C14H19N3O2. The molecule has 102 valence electrons. The number of hydrogen-bond donors (Lipinski definition) is 2. The maximum atomic E-state index is 11.3. The van der Waals surface area contributed by atoms with Gasteiger partial charge in [-0.2, -0.15) is 0 Å². The molecule has 0 aromatic heterocycles. The number of carbonyl (C=O) groups excluding carboxylic acids is 2. The van der Waals surface area contributed by atoms with E-state index in [-0.39, 0.29) is 11.8 Å². The molecule has 5 nitrogen and oxygen atoms in total. The minimum Gasteiger partial charge on any atom is -0.326 e. The number of nitrogens with zero attached hydrogens (tertiary/aromatic N) is 1. The topological polar surface area (TPSA) is 75.4 Å². The van der Waals surface area contributed by atoms with Gasteiger partial charge in [-0.15, -0.1) is 0 Å². The molecule has 1 heterocycles. The van der Waals surface area contributed by atoms with Crippen LogP contribution in [0.4, 0.5) is 5.69 Å². The molecule has 0 bridgehead atoms. The molecule has 1 aromatic rings. The Hall–Kier alpha value is -1.88. The van der Waals surface area contributed by atoms with E-state index < -0.39 is 0 Å². The first kappa shape index (κ1) is 13.5. The van der Waals surface area contributed by atoms with Crippen molar-refractivity contribution in [3.63, 3.8) is 0 Å². The first-order valence-electron chi connectivity index (χ1n) is 6.49. The number of amides is 2. The van der Waals surface area contributed by atoms with Gasteiger partial charge in [-0.25, -0.2) is 5.84 Å². The number of rotatable bonds is 5. The van der Waals surface area contributed by atoms with E-state index in [9.17, 15) is 9.59 Å². The number of hydrazine groups is 1. The molecule has 0 fully saturated rings. The fourth-order valence-corrected chi connectivity index (χ4v) is 2.22. The van der Waals surface area contributed by atoms with Gasteiger partial charge in [0.2, 0.25) is 11.8 Å². The van der Waals surface area contributed by atoms with Gasteiger partial charge in [0.15, 0.2) is 0 Å². The van der Waals surface area contributed by atoms with Gasteiger partial charge >= 0.3 is 0 Å². The lowest BCUT2D eigenvalue weighted by Crippen LogP contribution is -2.32. The number of nitrogens with one attached hydrogen (secondary N) is 1. The van der Waals surface area contributed by atoms with Gasteiger partial charge in [-0.05, 0) is 36.5 Å². The Balaban J connectivity index is 1.80. The summed E-state index contributed by atoms with van der Waals surface area (Å²) in [6, 6.07) is 6.06. The van der Waals surface area contributed by atoms with Crippen molar-refractivity contribution in [2.75, 3.05) is 12.4 Å². The molecule has 1 aliphatic heterocycles. The standard InChI is InChI=1S/C14H19N3O2/c1-17(15)14(19)5-3-2-4-10-6-7-12-11(8-10)9-13(18)16-12/h6-8H,2-5,9,15H2,1H3,(H,16,18). The molecule has 0 aliphatic carbocycles. The van der Waals surface area contributed by atoms with Crippen molar-refractivity contribution in [1.29, 1.82) is 0 Å². The van der Waals surface area contributed by atoms with Crippen molar-refractivity contribution >= 4 is 17.5 Å². The highest BCUT2D eigenvalue weighted by molar-refractivity contribution is 5.99. The van der Waals surface area contributed by atoms with Crippen LogP contribution in [-0.4, -0.2) is 23.9 Å². The monoisotopic (exact) mass is 261 g/mol. The third kappa shape index (κ3) is 3.54. The van der Waals surface area contributed by atoms with Crippen LogP contribution in [0, 0.1) is 0 Å². The van der Waals surface area contributed by atoms with Crippen LogP contribution in [0.5, 0.6) is 0 Å². The van der Waals surface area contributed by atoms with Crippen LogP contribution in [0.3, 0.4) is 0 Å². The van der Waals surface area contributed by atoms with E-state index in [1.54, 1.807) is 7.05 Å². The van der Waals surface area contributed by atoms with E-state index >= 15 is 0 Å². The minimum atomic E-state index is -0.0382. The molecule has 0 saturated heterocycles. The van der Waals surface area contributed by atoms with Crippen LogP contribution in [0.2, 0.25) is 0 Å². The van der Waals surface area contributed by atoms with Crippen LogP contribution < -0.4 is 11.2 Å². The first-order chi connectivity index (χ1) is 9.06. The van der Waals surface area contributed by atoms with Gasteiger partial charge in [0.05, 0.1) is 6.42 Å². The second-order valence-electron chi connectivity index (χ2n) is 4.93. The van der Waals surface area contributed by atoms with Crippen molar-refractivity contribution in [2.24, 2.45) is 5.84 Å². The fourth-order valence-electron chi connectivity index (χ4n) is 2.22. The van der Waals surface area contributed by atoms with Gasteiger partial charge in [0.25, 0.3) is 0 Å². The zero-order chi connectivity index (χ0) is 13.8. The lowest BCUT2D eigenvalue weighted by atomic mass is 10.0. The number of benzene rings is 1. The number of unbranched alkanes of at least 4 members (excludes halogenated alkanes) is 1. The molecule has 3 N–H and O–H groups in total. The molecule has 0 unspecified atom stereocenters. The third-order valence-electron chi connectivity index (χ3n) is 3.29. The second-order valence-corrected chi connectivity index (χ2v) is 4.93. The smallest absolute Gasteiger partial charge is 0.236 e. The normalized spacial score (nSPS) is 13.1. The summed E-state index contributed by atoms with van der Waals surface area (Å²) in [6.45, 7) is 0. The van der Waals surface area contributed by atoms with Crippen molar-refractivity contribution in [2.45, 2.75) is 32.1 Å². The van der Waals surface area contributed by atoms with Gasteiger partial charge in [0, 0.05) is 19.2 Å². The SMILES string of the molecule is CN(N)C(=O)CCCCc1ccc2c(c1)CC(=O)N2. The zero-order valence-electron chi connectivity index (χ0n) is 11.1. The van der Waals surface area contributed by atoms with Crippen LogP contribution in [0.25, 0.3) is 0 Å². The summed E-state index contributed by atoms with van der Waals surface area (Å²) in [4.78, 5) is 22.5. The largest absolute Gasteiger partial charge is 0.326 e. The van der Waals surface area contributed by atoms with Gasteiger partial charge in [-0.3, -0.25) is 14.6 Å². The summed E-state index contributed by atoms with van der Waals surface area (Å²) in [5.41, 5.74) is 3.21. The summed E-state index contributed by atoms with van der Waals surface area (Å²) in [5.74, 6) is 5.37. The Morgan fingerprint density at radius 2 is 2.21 bits per heavy atom. The number of anilines is 1. The predicted molar refractivity (Wildman–Crippen MR) is 73.3 cm³/mol. The Morgan fingerprint density at radius 1 is 1.42 bits per heavy atom. The van der Waals surface area contributed by atoms with Crippen LogP contribution >= 0.6 is 0 Å². The van der Waals surface area contributed by atoms with E-state index in [0.717, 1.165) is 35.5 Å². The number of carbonyl (C=O) groups is 2. The molecule has 5 heteroatoms. The maximum absolute atomic E-state index is 11.3. The Bertz CT molecular complexity index is 497.